The van der Waals surface area contributed by atoms with Crippen LogP contribution in [0, 0.1) is 0 Å². The zero-order valence-corrected chi connectivity index (χ0v) is 12.8. The summed E-state index contributed by atoms with van der Waals surface area (Å²) in [5.41, 5.74) is 1.62. The summed E-state index contributed by atoms with van der Waals surface area (Å²) in [5, 5.41) is 5.52. The minimum absolute atomic E-state index is 0.00686. The van der Waals surface area contributed by atoms with E-state index in [1.807, 2.05) is 31.2 Å². The predicted molar refractivity (Wildman–Crippen MR) is 87.0 cm³/mol. The summed E-state index contributed by atoms with van der Waals surface area (Å²) < 4.78 is 0. The molecule has 112 valence electrons. The Labute approximate surface area is 132 Å². The first-order chi connectivity index (χ1) is 10.6. The molecule has 3 rings (SSSR count). The smallest absolute Gasteiger partial charge is 0.237 e. The Morgan fingerprint density at radius 2 is 2.23 bits per heavy atom. The van der Waals surface area contributed by atoms with Crippen LogP contribution in [0.15, 0.2) is 47.5 Å². The van der Waals surface area contributed by atoms with E-state index in [1.165, 1.54) is 11.8 Å². The number of benzene rings is 1. The van der Waals surface area contributed by atoms with Gasteiger partial charge in [-0.05, 0) is 36.8 Å². The molecule has 0 spiro atoms. The fourth-order valence-electron chi connectivity index (χ4n) is 2.18. The largest absolute Gasteiger partial charge is 0.324 e. The maximum Gasteiger partial charge on any atom is 0.237 e. The molecule has 0 fully saturated rings. The molecule has 0 saturated heterocycles. The van der Waals surface area contributed by atoms with Crippen molar-refractivity contribution in [2.24, 2.45) is 0 Å². The molecular formula is C16H15N3O2S. The summed E-state index contributed by atoms with van der Waals surface area (Å²) in [6.07, 6.45) is 1.86. The molecule has 1 atom stereocenters. The van der Waals surface area contributed by atoms with Crippen molar-refractivity contribution in [1.82, 2.24) is 4.98 Å². The number of rotatable bonds is 3. The monoisotopic (exact) mass is 313 g/mol. The van der Waals surface area contributed by atoms with Gasteiger partial charge in [0.15, 0.2) is 0 Å². The molecule has 2 amide bonds. The van der Waals surface area contributed by atoms with Crippen LogP contribution in [0.4, 0.5) is 11.5 Å². The van der Waals surface area contributed by atoms with E-state index in [-0.39, 0.29) is 23.5 Å². The molecular weight excluding hydrogens is 298 g/mol. The second-order valence-electron chi connectivity index (χ2n) is 5.02. The zero-order chi connectivity index (χ0) is 15.5. The third-order valence-electron chi connectivity index (χ3n) is 3.27. The highest BCUT2D eigenvalue weighted by Crippen LogP contribution is 2.35. The SMILES string of the molecule is CC1Sc2ccc(CC(=O)Nc3ccccn3)cc2NC1=O. The number of thioether (sulfide) groups is 1. The predicted octanol–water partition coefficient (Wildman–Crippen LogP) is 2.70. The lowest BCUT2D eigenvalue weighted by molar-refractivity contribution is -0.116. The molecule has 0 saturated carbocycles. The van der Waals surface area contributed by atoms with E-state index in [0.717, 1.165) is 16.1 Å². The second kappa shape index (κ2) is 6.19. The number of anilines is 2. The first kappa shape index (κ1) is 14.6. The molecule has 5 nitrogen and oxygen atoms in total. The summed E-state index contributed by atoms with van der Waals surface area (Å²) in [4.78, 5) is 28.8. The van der Waals surface area contributed by atoms with Crippen molar-refractivity contribution in [3.63, 3.8) is 0 Å². The van der Waals surface area contributed by atoms with Gasteiger partial charge in [-0.1, -0.05) is 12.1 Å². The number of carbonyl (C=O) groups excluding carboxylic acids is 2. The maximum absolute atomic E-state index is 12.0. The molecule has 2 N–H and O–H groups in total. The van der Waals surface area contributed by atoms with Crippen LogP contribution >= 0.6 is 11.8 Å². The van der Waals surface area contributed by atoms with Crippen molar-refractivity contribution < 1.29 is 9.59 Å². The number of hydrogen-bond donors (Lipinski definition) is 2. The summed E-state index contributed by atoms with van der Waals surface area (Å²) >= 11 is 1.53. The third kappa shape index (κ3) is 3.28. The van der Waals surface area contributed by atoms with Crippen LogP contribution in [0.5, 0.6) is 0 Å². The van der Waals surface area contributed by atoms with Crippen molar-refractivity contribution in [3.8, 4) is 0 Å². The highest BCUT2D eigenvalue weighted by molar-refractivity contribution is 8.00. The lowest BCUT2D eigenvalue weighted by atomic mass is 10.1. The van der Waals surface area contributed by atoms with E-state index in [4.69, 9.17) is 0 Å². The van der Waals surface area contributed by atoms with Crippen molar-refractivity contribution in [3.05, 3.63) is 48.2 Å². The first-order valence-corrected chi connectivity index (χ1v) is 7.81. The molecule has 6 heteroatoms. The summed E-state index contributed by atoms with van der Waals surface area (Å²) in [6.45, 7) is 1.87. The Hall–Kier alpha value is -2.34. The lowest BCUT2D eigenvalue weighted by Crippen LogP contribution is -2.26. The molecule has 1 aliphatic rings. The normalized spacial score (nSPS) is 16.6. The highest BCUT2D eigenvalue weighted by atomic mass is 32.2. The average Bonchev–Trinajstić information content (AvgIpc) is 2.49. The van der Waals surface area contributed by atoms with Crippen LogP contribution in [0.25, 0.3) is 0 Å². The summed E-state index contributed by atoms with van der Waals surface area (Å²) in [5.74, 6) is 0.387. The standard InChI is InChI=1S/C16H15N3O2S/c1-10-16(21)18-12-8-11(5-6-13(12)22-10)9-15(20)19-14-4-2-3-7-17-14/h2-8,10H,9H2,1H3,(H,18,21)(H,17,19,20). The quantitative estimate of drug-likeness (QED) is 0.914. The van der Waals surface area contributed by atoms with Crippen LogP contribution < -0.4 is 10.6 Å². The zero-order valence-electron chi connectivity index (χ0n) is 12.0. The van der Waals surface area contributed by atoms with Crippen molar-refractivity contribution in [1.29, 1.82) is 0 Å². The molecule has 1 unspecified atom stereocenters. The van der Waals surface area contributed by atoms with Gasteiger partial charge in [0.1, 0.15) is 5.82 Å². The minimum Gasteiger partial charge on any atom is -0.324 e. The van der Waals surface area contributed by atoms with Gasteiger partial charge in [0, 0.05) is 11.1 Å². The molecule has 22 heavy (non-hydrogen) atoms. The van der Waals surface area contributed by atoms with Crippen LogP contribution in [0.3, 0.4) is 0 Å². The molecule has 0 aliphatic carbocycles. The van der Waals surface area contributed by atoms with E-state index < -0.39 is 0 Å². The maximum atomic E-state index is 12.0. The summed E-state index contributed by atoms with van der Waals surface area (Å²) in [7, 11) is 0. The van der Waals surface area contributed by atoms with Gasteiger partial charge < -0.3 is 10.6 Å². The summed E-state index contributed by atoms with van der Waals surface area (Å²) in [6, 6.07) is 11.1. The Morgan fingerprint density at radius 1 is 1.36 bits per heavy atom. The third-order valence-corrected chi connectivity index (χ3v) is 4.45. The Kier molecular flexibility index (Phi) is 4.11. The number of nitrogens with one attached hydrogen (secondary N) is 2. The minimum atomic E-state index is -0.137. The fourth-order valence-corrected chi connectivity index (χ4v) is 3.11. The number of amides is 2. The Morgan fingerprint density at radius 3 is 3.00 bits per heavy atom. The number of aromatic nitrogens is 1. The van der Waals surface area contributed by atoms with Gasteiger partial charge in [-0.15, -0.1) is 11.8 Å². The fraction of sp³-hybridized carbons (Fsp3) is 0.188. The van der Waals surface area contributed by atoms with E-state index >= 15 is 0 Å². The molecule has 2 aromatic rings. The van der Waals surface area contributed by atoms with E-state index in [1.54, 1.807) is 18.3 Å². The van der Waals surface area contributed by atoms with Gasteiger partial charge in [0.05, 0.1) is 17.4 Å². The Balaban J connectivity index is 1.70. The highest BCUT2D eigenvalue weighted by Gasteiger charge is 2.23. The van der Waals surface area contributed by atoms with Crippen LogP contribution in [-0.4, -0.2) is 22.0 Å². The molecule has 1 aromatic carbocycles. The van der Waals surface area contributed by atoms with E-state index in [2.05, 4.69) is 15.6 Å². The van der Waals surface area contributed by atoms with Crippen LogP contribution in [0.1, 0.15) is 12.5 Å². The van der Waals surface area contributed by atoms with E-state index in [9.17, 15) is 9.59 Å². The molecule has 0 bridgehead atoms. The number of fused-ring (bicyclic) bond motifs is 1. The van der Waals surface area contributed by atoms with Crippen molar-refractivity contribution >= 4 is 35.1 Å². The van der Waals surface area contributed by atoms with Gasteiger partial charge in [0.25, 0.3) is 0 Å². The van der Waals surface area contributed by atoms with Crippen molar-refractivity contribution in [2.75, 3.05) is 10.6 Å². The second-order valence-corrected chi connectivity index (χ2v) is 6.40. The number of carbonyl (C=O) groups is 2. The van der Waals surface area contributed by atoms with Gasteiger partial charge in [-0.25, -0.2) is 4.98 Å². The Bertz CT molecular complexity index is 719. The number of pyridine rings is 1. The topological polar surface area (TPSA) is 71.1 Å². The molecule has 1 aromatic heterocycles. The van der Waals surface area contributed by atoms with Gasteiger partial charge in [0.2, 0.25) is 11.8 Å². The van der Waals surface area contributed by atoms with Gasteiger partial charge in [-0.3, -0.25) is 9.59 Å². The van der Waals surface area contributed by atoms with Crippen LogP contribution in [0.2, 0.25) is 0 Å². The first-order valence-electron chi connectivity index (χ1n) is 6.93. The molecule has 1 aliphatic heterocycles. The van der Waals surface area contributed by atoms with Crippen molar-refractivity contribution in [2.45, 2.75) is 23.5 Å². The average molecular weight is 313 g/mol. The van der Waals surface area contributed by atoms with E-state index in [0.29, 0.717) is 5.82 Å². The lowest BCUT2D eigenvalue weighted by Gasteiger charge is -2.21. The number of hydrogen-bond acceptors (Lipinski definition) is 4. The number of nitrogens with zero attached hydrogens (tertiary/aromatic N) is 1. The van der Waals surface area contributed by atoms with Gasteiger partial charge >= 0.3 is 0 Å². The molecule has 0 radical (unpaired) electrons. The molecule has 2 heterocycles. The van der Waals surface area contributed by atoms with Crippen LogP contribution in [-0.2, 0) is 16.0 Å². The van der Waals surface area contributed by atoms with Gasteiger partial charge in [-0.2, -0.15) is 0 Å².